The first-order valence-corrected chi connectivity index (χ1v) is 7.06. The van der Waals surface area contributed by atoms with Crippen molar-refractivity contribution in [1.82, 2.24) is 9.97 Å². The van der Waals surface area contributed by atoms with Gasteiger partial charge in [0.2, 0.25) is 11.8 Å². The fourth-order valence-electron chi connectivity index (χ4n) is 2.98. The van der Waals surface area contributed by atoms with Crippen LogP contribution in [0.15, 0.2) is 6.07 Å². The Balaban J connectivity index is 2.28. The number of hydrogen-bond acceptors (Lipinski definition) is 5. The molecule has 106 valence electrons. The van der Waals surface area contributed by atoms with Crippen LogP contribution in [0.1, 0.15) is 31.9 Å². The van der Waals surface area contributed by atoms with Gasteiger partial charge in [-0.1, -0.05) is 6.42 Å². The quantitative estimate of drug-likeness (QED) is 0.877. The Morgan fingerprint density at radius 2 is 2.21 bits per heavy atom. The molecule has 0 spiro atoms. The van der Waals surface area contributed by atoms with Crippen LogP contribution in [-0.2, 0) is 0 Å². The normalized spacial score (nSPS) is 22.5. The summed E-state index contributed by atoms with van der Waals surface area (Å²) < 4.78 is 5.24. The molecule has 0 bridgehead atoms. The number of hydrogen-bond donors (Lipinski definition) is 1. The Bertz CT molecular complexity index is 424. The van der Waals surface area contributed by atoms with Crippen LogP contribution in [0.3, 0.4) is 0 Å². The topological polar surface area (TPSA) is 64.3 Å². The summed E-state index contributed by atoms with van der Waals surface area (Å²) in [6.07, 6.45) is 3.63. The highest BCUT2D eigenvalue weighted by atomic mass is 16.5. The fourth-order valence-corrected chi connectivity index (χ4v) is 2.98. The summed E-state index contributed by atoms with van der Waals surface area (Å²) in [6, 6.07) is 2.31. The van der Waals surface area contributed by atoms with E-state index in [0.717, 1.165) is 24.7 Å². The van der Waals surface area contributed by atoms with Gasteiger partial charge >= 0.3 is 0 Å². The second kappa shape index (κ2) is 6.19. The van der Waals surface area contributed by atoms with Gasteiger partial charge in [0.1, 0.15) is 0 Å². The summed E-state index contributed by atoms with van der Waals surface area (Å²) in [6.45, 7) is 5.75. The Morgan fingerprint density at radius 3 is 2.84 bits per heavy atom. The molecule has 0 aromatic carbocycles. The van der Waals surface area contributed by atoms with Crippen LogP contribution in [0.4, 0.5) is 5.95 Å². The molecule has 5 nitrogen and oxygen atoms in total. The summed E-state index contributed by atoms with van der Waals surface area (Å²) in [5, 5.41) is 0. The first kappa shape index (κ1) is 14.1. The van der Waals surface area contributed by atoms with E-state index in [0.29, 0.717) is 17.8 Å². The Kier molecular flexibility index (Phi) is 4.58. The number of anilines is 1. The van der Waals surface area contributed by atoms with Gasteiger partial charge in [-0.2, -0.15) is 4.98 Å². The van der Waals surface area contributed by atoms with Gasteiger partial charge in [0, 0.05) is 24.3 Å². The van der Waals surface area contributed by atoms with Gasteiger partial charge in [0.25, 0.3) is 0 Å². The molecule has 5 heteroatoms. The van der Waals surface area contributed by atoms with Gasteiger partial charge in [-0.15, -0.1) is 0 Å². The van der Waals surface area contributed by atoms with E-state index in [2.05, 4.69) is 21.8 Å². The summed E-state index contributed by atoms with van der Waals surface area (Å²) in [5.41, 5.74) is 6.82. The Labute approximate surface area is 115 Å². The maximum Gasteiger partial charge on any atom is 0.229 e. The van der Waals surface area contributed by atoms with Gasteiger partial charge < -0.3 is 15.4 Å². The Morgan fingerprint density at radius 1 is 1.42 bits per heavy atom. The summed E-state index contributed by atoms with van der Waals surface area (Å²) >= 11 is 0. The van der Waals surface area contributed by atoms with Crippen LogP contribution in [0, 0.1) is 12.8 Å². The van der Waals surface area contributed by atoms with Crippen molar-refractivity contribution in [2.24, 2.45) is 11.7 Å². The van der Waals surface area contributed by atoms with Crippen molar-refractivity contribution in [3.05, 3.63) is 11.8 Å². The van der Waals surface area contributed by atoms with Gasteiger partial charge in [-0.05, 0) is 39.2 Å². The van der Waals surface area contributed by atoms with E-state index in [1.165, 1.54) is 19.3 Å². The van der Waals surface area contributed by atoms with Gasteiger partial charge in [0.05, 0.1) is 7.11 Å². The third-order valence-electron chi connectivity index (χ3n) is 3.95. The number of nitrogens with zero attached hydrogens (tertiary/aromatic N) is 3. The molecular weight excluding hydrogens is 240 g/mol. The number of rotatable bonds is 5. The number of aryl methyl sites for hydroxylation is 1. The predicted octanol–water partition coefficient (Wildman–Crippen LogP) is 1.75. The lowest BCUT2D eigenvalue weighted by molar-refractivity contribution is 0.393. The van der Waals surface area contributed by atoms with Crippen LogP contribution in [0.25, 0.3) is 0 Å². The molecule has 1 aliphatic rings. The second-order valence-corrected chi connectivity index (χ2v) is 5.13. The smallest absolute Gasteiger partial charge is 0.229 e. The van der Waals surface area contributed by atoms with Crippen LogP contribution in [0.2, 0.25) is 0 Å². The number of methoxy groups -OCH3 is 1. The van der Waals surface area contributed by atoms with Crippen molar-refractivity contribution in [2.75, 3.05) is 25.1 Å². The summed E-state index contributed by atoms with van der Waals surface area (Å²) in [5.74, 6) is 1.95. The van der Waals surface area contributed by atoms with Crippen molar-refractivity contribution in [2.45, 2.75) is 39.2 Å². The van der Waals surface area contributed by atoms with E-state index in [1.807, 2.05) is 13.0 Å². The lowest BCUT2D eigenvalue weighted by atomic mass is 10.0. The average Bonchev–Trinajstić information content (AvgIpc) is 2.87. The van der Waals surface area contributed by atoms with Crippen LogP contribution in [-0.4, -0.2) is 36.2 Å². The minimum absolute atomic E-state index is 0.460. The van der Waals surface area contributed by atoms with Crippen molar-refractivity contribution in [1.29, 1.82) is 0 Å². The molecule has 2 unspecified atom stereocenters. The minimum Gasteiger partial charge on any atom is -0.481 e. The molecule has 2 rings (SSSR count). The molecule has 1 heterocycles. The first-order chi connectivity index (χ1) is 9.19. The summed E-state index contributed by atoms with van der Waals surface area (Å²) in [4.78, 5) is 11.3. The van der Waals surface area contributed by atoms with E-state index >= 15 is 0 Å². The molecular formula is C14H24N4O. The van der Waals surface area contributed by atoms with Crippen LogP contribution >= 0.6 is 0 Å². The molecule has 1 aromatic heterocycles. The highest BCUT2D eigenvalue weighted by Gasteiger charge is 2.32. The van der Waals surface area contributed by atoms with E-state index in [4.69, 9.17) is 10.5 Å². The van der Waals surface area contributed by atoms with Crippen LogP contribution < -0.4 is 15.4 Å². The molecule has 0 saturated heterocycles. The zero-order valence-electron chi connectivity index (χ0n) is 12.1. The van der Waals surface area contributed by atoms with Crippen molar-refractivity contribution in [3.63, 3.8) is 0 Å². The molecule has 1 aliphatic carbocycles. The van der Waals surface area contributed by atoms with Gasteiger partial charge in [-0.25, -0.2) is 4.98 Å². The van der Waals surface area contributed by atoms with Crippen LogP contribution in [0.5, 0.6) is 5.88 Å². The number of aromatic nitrogens is 2. The molecule has 2 atom stereocenters. The fraction of sp³-hybridized carbons (Fsp3) is 0.714. The highest BCUT2D eigenvalue weighted by molar-refractivity contribution is 5.36. The lowest BCUT2D eigenvalue weighted by Gasteiger charge is -2.32. The molecule has 0 amide bonds. The molecule has 0 aliphatic heterocycles. The molecule has 1 fully saturated rings. The standard InChI is InChI=1S/C14H24N4O/c1-4-18(12-7-5-6-11(12)9-15)14-16-10(2)8-13(17-14)19-3/h8,11-12H,4-7,9,15H2,1-3H3. The SMILES string of the molecule is CCN(c1nc(C)cc(OC)n1)C1CCCC1CN. The largest absolute Gasteiger partial charge is 0.481 e. The number of nitrogens with two attached hydrogens (primary N) is 1. The first-order valence-electron chi connectivity index (χ1n) is 7.06. The molecule has 1 aromatic rings. The third kappa shape index (κ3) is 2.97. The summed E-state index contributed by atoms with van der Waals surface area (Å²) in [7, 11) is 1.64. The maximum absolute atomic E-state index is 5.89. The predicted molar refractivity (Wildman–Crippen MR) is 76.5 cm³/mol. The van der Waals surface area contributed by atoms with Gasteiger partial charge in [0.15, 0.2) is 0 Å². The monoisotopic (exact) mass is 264 g/mol. The van der Waals surface area contributed by atoms with E-state index in [-0.39, 0.29) is 0 Å². The zero-order chi connectivity index (χ0) is 13.8. The van der Waals surface area contributed by atoms with Gasteiger partial charge in [-0.3, -0.25) is 0 Å². The number of ether oxygens (including phenoxy) is 1. The van der Waals surface area contributed by atoms with Crippen molar-refractivity contribution < 1.29 is 4.74 Å². The highest BCUT2D eigenvalue weighted by Crippen LogP contribution is 2.31. The van der Waals surface area contributed by atoms with E-state index in [1.54, 1.807) is 7.11 Å². The third-order valence-corrected chi connectivity index (χ3v) is 3.95. The Hall–Kier alpha value is -1.36. The second-order valence-electron chi connectivity index (χ2n) is 5.13. The van der Waals surface area contributed by atoms with E-state index in [9.17, 15) is 0 Å². The van der Waals surface area contributed by atoms with Crippen molar-refractivity contribution in [3.8, 4) is 5.88 Å². The minimum atomic E-state index is 0.460. The molecule has 2 N–H and O–H groups in total. The van der Waals surface area contributed by atoms with E-state index < -0.39 is 0 Å². The lowest BCUT2D eigenvalue weighted by Crippen LogP contribution is -2.41. The maximum atomic E-state index is 5.89. The molecule has 0 radical (unpaired) electrons. The zero-order valence-corrected chi connectivity index (χ0v) is 12.1. The molecule has 19 heavy (non-hydrogen) atoms. The average molecular weight is 264 g/mol. The van der Waals surface area contributed by atoms with Crippen molar-refractivity contribution >= 4 is 5.95 Å². The molecule has 1 saturated carbocycles.